The van der Waals surface area contributed by atoms with Crippen LogP contribution in [0.5, 0.6) is 0 Å². The first-order valence-electron chi connectivity index (χ1n) is 7.67. The molecule has 0 amide bonds. The van der Waals surface area contributed by atoms with Crippen LogP contribution in [0.25, 0.3) is 0 Å². The molecule has 5 heteroatoms. The van der Waals surface area contributed by atoms with Crippen LogP contribution in [0.2, 0.25) is 0 Å². The van der Waals surface area contributed by atoms with E-state index < -0.39 is 0 Å². The molecule has 1 saturated heterocycles. The van der Waals surface area contributed by atoms with Crippen LogP contribution in [0, 0.1) is 5.92 Å². The Hall–Kier alpha value is -1.62. The minimum atomic E-state index is -0.215. The zero-order chi connectivity index (χ0) is 14.8. The first-order chi connectivity index (χ1) is 10.1. The van der Waals surface area contributed by atoms with Crippen LogP contribution < -0.4 is 5.73 Å². The van der Waals surface area contributed by atoms with E-state index in [1.165, 1.54) is 19.8 Å². The van der Waals surface area contributed by atoms with Gasteiger partial charge in [0, 0.05) is 31.0 Å². The Labute approximate surface area is 124 Å². The fourth-order valence-corrected chi connectivity index (χ4v) is 3.63. The number of nitrogens with two attached hydrogens (primary N) is 1. The van der Waals surface area contributed by atoms with Gasteiger partial charge < -0.3 is 15.2 Å². The maximum Gasteiger partial charge on any atom is 0.302 e. The molecular weight excluding hydrogens is 268 g/mol. The topological polar surface area (TPSA) is 74.4 Å². The molecule has 2 N–H and O–H groups in total. The molecular formula is C16H22N2O3. The van der Waals surface area contributed by atoms with Gasteiger partial charge in [-0.2, -0.15) is 0 Å². The van der Waals surface area contributed by atoms with E-state index >= 15 is 0 Å². The quantitative estimate of drug-likeness (QED) is 0.847. The van der Waals surface area contributed by atoms with Crippen molar-refractivity contribution in [3.8, 4) is 0 Å². The van der Waals surface area contributed by atoms with Crippen molar-refractivity contribution >= 4 is 11.7 Å². The van der Waals surface area contributed by atoms with Gasteiger partial charge in [-0.25, -0.2) is 0 Å². The third-order valence-electron chi connectivity index (χ3n) is 4.57. The summed E-state index contributed by atoms with van der Waals surface area (Å²) in [6, 6.07) is 1.90. The number of carbonyl (C=O) groups is 1. The predicted molar refractivity (Wildman–Crippen MR) is 78.4 cm³/mol. The van der Waals surface area contributed by atoms with E-state index in [1.807, 2.05) is 6.07 Å². The fourth-order valence-electron chi connectivity index (χ4n) is 3.63. The molecule has 0 spiro atoms. The second kappa shape index (κ2) is 6.02. The number of hydrogen-bond acceptors (Lipinski definition) is 5. The van der Waals surface area contributed by atoms with E-state index in [0.717, 1.165) is 18.4 Å². The Kier molecular flexibility index (Phi) is 4.10. The second-order valence-corrected chi connectivity index (χ2v) is 6.00. The Balaban J connectivity index is 1.83. The summed E-state index contributed by atoms with van der Waals surface area (Å²) < 4.78 is 11.8. The molecule has 21 heavy (non-hydrogen) atoms. The van der Waals surface area contributed by atoms with Gasteiger partial charge in [0.15, 0.2) is 0 Å². The second-order valence-electron chi connectivity index (χ2n) is 6.00. The van der Waals surface area contributed by atoms with Gasteiger partial charge in [-0.15, -0.1) is 0 Å². The molecule has 1 aromatic rings. The molecule has 0 aromatic carbocycles. The number of rotatable bonds is 2. The molecule has 5 nitrogen and oxygen atoms in total. The number of carbonyl (C=O) groups excluding carboxylic acids is 1. The van der Waals surface area contributed by atoms with E-state index in [2.05, 4.69) is 4.98 Å². The van der Waals surface area contributed by atoms with Crippen molar-refractivity contribution in [3.63, 3.8) is 0 Å². The predicted octanol–water partition coefficient (Wildman–Crippen LogP) is 2.62. The highest BCUT2D eigenvalue weighted by Crippen LogP contribution is 2.43. The number of ether oxygens (including phenoxy) is 2. The molecule has 2 aliphatic rings. The first-order valence-corrected chi connectivity index (χ1v) is 7.67. The maximum atomic E-state index is 11.4. The summed E-state index contributed by atoms with van der Waals surface area (Å²) >= 11 is 0. The monoisotopic (exact) mass is 290 g/mol. The van der Waals surface area contributed by atoms with Gasteiger partial charge in [0.05, 0.1) is 24.1 Å². The van der Waals surface area contributed by atoms with Crippen molar-refractivity contribution < 1.29 is 14.3 Å². The third-order valence-corrected chi connectivity index (χ3v) is 4.57. The van der Waals surface area contributed by atoms with Crippen LogP contribution in [-0.4, -0.2) is 23.2 Å². The molecule has 3 rings (SSSR count). The smallest absolute Gasteiger partial charge is 0.302 e. The lowest BCUT2D eigenvalue weighted by Gasteiger charge is -2.44. The van der Waals surface area contributed by atoms with Crippen molar-refractivity contribution in [3.05, 3.63) is 24.0 Å². The van der Waals surface area contributed by atoms with Gasteiger partial charge in [-0.05, 0) is 18.9 Å². The van der Waals surface area contributed by atoms with Crippen molar-refractivity contribution in [1.82, 2.24) is 4.98 Å². The number of nitrogen functional groups attached to an aromatic ring is 1. The highest BCUT2D eigenvalue weighted by Gasteiger charge is 2.42. The summed E-state index contributed by atoms with van der Waals surface area (Å²) in [7, 11) is 0. The molecule has 0 radical (unpaired) electrons. The summed E-state index contributed by atoms with van der Waals surface area (Å²) in [4.78, 5) is 15.4. The molecule has 2 heterocycles. The number of nitrogens with zero attached hydrogens (tertiary/aromatic N) is 1. The van der Waals surface area contributed by atoms with Gasteiger partial charge in [-0.3, -0.25) is 9.78 Å². The highest BCUT2D eigenvalue weighted by molar-refractivity contribution is 5.66. The minimum absolute atomic E-state index is 0.0703. The van der Waals surface area contributed by atoms with Crippen LogP contribution in [-0.2, 0) is 14.3 Å². The maximum absolute atomic E-state index is 11.4. The van der Waals surface area contributed by atoms with E-state index in [9.17, 15) is 4.79 Å². The largest absolute Gasteiger partial charge is 0.462 e. The lowest BCUT2D eigenvalue weighted by Crippen LogP contribution is -2.44. The fraction of sp³-hybridized carbons (Fsp3) is 0.625. The zero-order valence-electron chi connectivity index (χ0n) is 12.3. The Bertz CT molecular complexity index is 520. The van der Waals surface area contributed by atoms with Crippen LogP contribution in [0.3, 0.4) is 0 Å². The molecule has 1 aromatic heterocycles. The summed E-state index contributed by atoms with van der Waals surface area (Å²) in [5.41, 5.74) is 7.60. The normalized spacial score (nSPS) is 32.2. The van der Waals surface area contributed by atoms with Crippen LogP contribution in [0.4, 0.5) is 5.69 Å². The van der Waals surface area contributed by atoms with E-state index in [4.69, 9.17) is 15.2 Å². The summed E-state index contributed by atoms with van der Waals surface area (Å²) in [5.74, 6) is 0.106. The van der Waals surface area contributed by atoms with Gasteiger partial charge in [-0.1, -0.05) is 12.8 Å². The van der Waals surface area contributed by atoms with E-state index in [0.29, 0.717) is 18.0 Å². The van der Waals surface area contributed by atoms with Crippen LogP contribution >= 0.6 is 0 Å². The molecule has 1 aliphatic heterocycles. The third kappa shape index (κ3) is 3.02. The van der Waals surface area contributed by atoms with E-state index in [-0.39, 0.29) is 24.3 Å². The van der Waals surface area contributed by atoms with Gasteiger partial charge in [0.25, 0.3) is 0 Å². The average Bonchev–Trinajstić information content (AvgIpc) is 2.47. The van der Waals surface area contributed by atoms with Gasteiger partial charge >= 0.3 is 5.97 Å². The Morgan fingerprint density at radius 1 is 1.43 bits per heavy atom. The number of hydrogen-bond donors (Lipinski definition) is 1. The van der Waals surface area contributed by atoms with Crippen LogP contribution in [0.15, 0.2) is 18.5 Å². The Morgan fingerprint density at radius 3 is 3.00 bits per heavy atom. The van der Waals surface area contributed by atoms with Gasteiger partial charge in [0.1, 0.15) is 6.10 Å². The summed E-state index contributed by atoms with van der Waals surface area (Å²) in [6.07, 6.45) is 8.48. The number of anilines is 1. The number of fused-ring (bicyclic) bond motifs is 1. The number of esters is 1. The number of aromatic nitrogens is 1. The minimum Gasteiger partial charge on any atom is -0.462 e. The first kappa shape index (κ1) is 14.3. The van der Waals surface area contributed by atoms with Gasteiger partial charge in [0.2, 0.25) is 0 Å². The average molecular weight is 290 g/mol. The molecule has 2 fully saturated rings. The summed E-state index contributed by atoms with van der Waals surface area (Å²) in [6.45, 7) is 1.48. The number of pyridine rings is 1. The molecule has 0 bridgehead atoms. The van der Waals surface area contributed by atoms with Crippen molar-refractivity contribution in [1.29, 1.82) is 0 Å². The summed E-state index contributed by atoms with van der Waals surface area (Å²) in [5, 5.41) is 0. The SMILES string of the molecule is CC(=O)OC1CC(c2ccncc2N)OC2CCCCC12. The Morgan fingerprint density at radius 2 is 2.24 bits per heavy atom. The lowest BCUT2D eigenvalue weighted by molar-refractivity contribution is -0.181. The molecule has 1 saturated carbocycles. The molecule has 4 unspecified atom stereocenters. The van der Waals surface area contributed by atoms with Crippen molar-refractivity contribution in [2.45, 2.75) is 57.3 Å². The molecule has 1 aliphatic carbocycles. The van der Waals surface area contributed by atoms with Crippen LogP contribution in [0.1, 0.15) is 50.7 Å². The molecule has 4 atom stereocenters. The van der Waals surface area contributed by atoms with Crippen molar-refractivity contribution in [2.75, 3.05) is 5.73 Å². The highest BCUT2D eigenvalue weighted by atomic mass is 16.6. The standard InChI is InChI=1S/C16H22N2O3/c1-10(19)20-16-8-15(11-6-7-18-9-13(11)17)21-14-5-3-2-4-12(14)16/h6-7,9,12,14-16H,2-5,8,17H2,1H3. The lowest BCUT2D eigenvalue weighted by atomic mass is 9.78. The van der Waals surface area contributed by atoms with Crippen molar-refractivity contribution in [2.24, 2.45) is 5.92 Å². The zero-order valence-corrected chi connectivity index (χ0v) is 12.3. The molecule has 114 valence electrons. The van der Waals surface area contributed by atoms with E-state index in [1.54, 1.807) is 12.4 Å².